The smallest absolute Gasteiger partial charge is 0.324 e. The van der Waals surface area contributed by atoms with E-state index in [-0.39, 0.29) is 18.4 Å². The largest absolute Gasteiger partial charge is 0.332 e. The molecule has 2 unspecified atom stereocenters. The molecule has 8 nitrogen and oxygen atoms in total. The number of carbonyl (C=O) groups is 1. The lowest BCUT2D eigenvalue weighted by Crippen LogP contribution is -2.52. The summed E-state index contributed by atoms with van der Waals surface area (Å²) in [4.78, 5) is 23.1. The summed E-state index contributed by atoms with van der Waals surface area (Å²) >= 11 is 0. The van der Waals surface area contributed by atoms with Gasteiger partial charge in [0, 0.05) is 43.6 Å². The number of halogens is 3. The highest BCUT2D eigenvalue weighted by atomic mass is 19.3. The highest BCUT2D eigenvalue weighted by Crippen LogP contribution is 2.23. The van der Waals surface area contributed by atoms with Crippen LogP contribution in [0.2, 0.25) is 0 Å². The van der Waals surface area contributed by atoms with Gasteiger partial charge in [0.2, 0.25) is 0 Å². The number of rotatable bonds is 5. The number of hydrazine groups is 1. The van der Waals surface area contributed by atoms with E-state index >= 15 is 0 Å². The summed E-state index contributed by atoms with van der Waals surface area (Å²) in [6, 6.07) is 8.98. The number of piperazine rings is 1. The number of hydrogen-bond donors (Lipinski definition) is 2. The number of nitrogens with zero attached hydrogens (tertiary/aromatic N) is 4. The summed E-state index contributed by atoms with van der Waals surface area (Å²) in [6.07, 6.45) is -3.29. The van der Waals surface area contributed by atoms with Crippen LogP contribution in [-0.2, 0) is 11.3 Å². The minimum atomic E-state index is -2.66. The molecule has 2 amide bonds. The average Bonchev–Trinajstić information content (AvgIpc) is 3.36. The van der Waals surface area contributed by atoms with E-state index in [9.17, 15) is 18.0 Å². The van der Waals surface area contributed by atoms with Gasteiger partial charge < -0.3 is 14.5 Å². The van der Waals surface area contributed by atoms with Crippen LogP contribution in [0.15, 0.2) is 42.6 Å². The Labute approximate surface area is 197 Å². The maximum absolute atomic E-state index is 13.4. The molecule has 2 saturated heterocycles. The van der Waals surface area contributed by atoms with Crippen LogP contribution < -0.4 is 15.8 Å². The number of hydrogen-bond acceptors (Lipinski definition) is 6. The molecule has 186 valence electrons. The van der Waals surface area contributed by atoms with Gasteiger partial charge in [-0.15, -0.1) is 0 Å². The maximum Gasteiger partial charge on any atom is 0.324 e. The fourth-order valence-electron chi connectivity index (χ4n) is 3.56. The van der Waals surface area contributed by atoms with Gasteiger partial charge in [-0.05, 0) is 37.4 Å². The monoisotopic (exact) mass is 480 g/mol. The molecule has 4 rings (SSSR count). The van der Waals surface area contributed by atoms with E-state index in [1.54, 1.807) is 34.1 Å². The summed E-state index contributed by atoms with van der Waals surface area (Å²) < 4.78 is 44.2. The first-order chi connectivity index (χ1) is 16.4. The predicted octanol–water partition coefficient (Wildman–Crippen LogP) is 3.34. The van der Waals surface area contributed by atoms with Gasteiger partial charge in [0.05, 0.1) is 12.2 Å². The number of carbonyl (C=O) groups excluding carboxylic acids is 1. The molecular formula is C23H31F3N6O2. The highest BCUT2D eigenvalue weighted by Gasteiger charge is 2.32. The second-order valence-electron chi connectivity index (χ2n) is 7.78. The second-order valence-corrected chi connectivity index (χ2v) is 7.78. The molecule has 2 fully saturated rings. The van der Waals surface area contributed by atoms with E-state index in [2.05, 4.69) is 20.7 Å². The van der Waals surface area contributed by atoms with Crippen LogP contribution in [0.5, 0.6) is 0 Å². The van der Waals surface area contributed by atoms with Crippen LogP contribution in [0.1, 0.15) is 31.3 Å². The number of likely N-dealkylation sites (N-methyl/N-ethyl adjacent to an activating group) is 1. The summed E-state index contributed by atoms with van der Waals surface area (Å²) in [7, 11) is 2.01. The predicted molar refractivity (Wildman–Crippen MR) is 123 cm³/mol. The number of amides is 2. The van der Waals surface area contributed by atoms with Crippen molar-refractivity contribution in [2.24, 2.45) is 0 Å². The van der Waals surface area contributed by atoms with E-state index in [0.29, 0.717) is 30.0 Å². The summed E-state index contributed by atoms with van der Waals surface area (Å²) in [5.41, 5.74) is 6.77. The fraction of sp³-hybridized carbons (Fsp3) is 0.478. The fourth-order valence-corrected chi connectivity index (χ4v) is 3.56. The lowest BCUT2D eigenvalue weighted by atomic mass is 10.2. The number of nitrogens with one attached hydrogen (secondary N) is 2. The molecule has 0 spiro atoms. The first kappa shape index (κ1) is 25.9. The molecule has 0 saturated carbocycles. The third kappa shape index (κ3) is 6.44. The Morgan fingerprint density at radius 2 is 1.79 bits per heavy atom. The Morgan fingerprint density at radius 3 is 2.35 bits per heavy atom. The Kier molecular flexibility index (Phi) is 9.22. The van der Waals surface area contributed by atoms with E-state index in [1.807, 2.05) is 20.9 Å². The van der Waals surface area contributed by atoms with Crippen molar-refractivity contribution >= 4 is 11.7 Å². The van der Waals surface area contributed by atoms with Crippen LogP contribution in [-0.4, -0.2) is 66.7 Å². The molecule has 34 heavy (non-hydrogen) atoms. The van der Waals surface area contributed by atoms with Gasteiger partial charge in [-0.3, -0.25) is 9.88 Å². The van der Waals surface area contributed by atoms with Gasteiger partial charge in [0.25, 0.3) is 6.43 Å². The normalized spacial score (nSPS) is 20.7. The number of aromatic nitrogens is 1. The van der Waals surface area contributed by atoms with Crippen molar-refractivity contribution in [3.8, 4) is 0 Å². The lowest BCUT2D eigenvalue weighted by Gasteiger charge is -2.36. The minimum Gasteiger partial charge on any atom is -0.332 e. The Hall–Kier alpha value is -2.73. The van der Waals surface area contributed by atoms with E-state index in [0.717, 1.165) is 13.1 Å². The number of pyridine rings is 1. The molecule has 2 aliphatic rings. The van der Waals surface area contributed by atoms with Gasteiger partial charge in [0.15, 0.2) is 12.5 Å². The quantitative estimate of drug-likeness (QED) is 0.684. The molecule has 0 radical (unpaired) electrons. The lowest BCUT2D eigenvalue weighted by molar-refractivity contribution is -0.0600. The van der Waals surface area contributed by atoms with E-state index < -0.39 is 18.9 Å². The molecule has 0 aliphatic carbocycles. The average molecular weight is 481 g/mol. The second kappa shape index (κ2) is 12.1. The van der Waals surface area contributed by atoms with Crippen LogP contribution in [0.4, 0.5) is 23.7 Å². The Balaban J connectivity index is 0.00000158. The third-order valence-electron chi connectivity index (χ3n) is 5.48. The van der Waals surface area contributed by atoms with Crippen LogP contribution >= 0.6 is 0 Å². The number of urea groups is 1. The zero-order valence-corrected chi connectivity index (χ0v) is 19.5. The first-order valence-electron chi connectivity index (χ1n) is 11.3. The van der Waals surface area contributed by atoms with Crippen molar-refractivity contribution in [3.05, 3.63) is 59.7 Å². The van der Waals surface area contributed by atoms with Crippen molar-refractivity contribution in [1.29, 1.82) is 0 Å². The molecule has 2 atom stereocenters. The van der Waals surface area contributed by atoms with Crippen LogP contribution in [0.3, 0.4) is 0 Å². The van der Waals surface area contributed by atoms with E-state index in [4.69, 9.17) is 4.74 Å². The highest BCUT2D eigenvalue weighted by molar-refractivity contribution is 5.92. The molecule has 2 aliphatic heterocycles. The Bertz CT molecular complexity index is 908. The van der Waals surface area contributed by atoms with Crippen LogP contribution in [0, 0.1) is 5.82 Å². The molecule has 11 heteroatoms. The van der Waals surface area contributed by atoms with Crippen molar-refractivity contribution < 1.29 is 22.7 Å². The van der Waals surface area contributed by atoms with Crippen molar-refractivity contribution in [2.75, 3.05) is 38.1 Å². The summed E-state index contributed by atoms with van der Waals surface area (Å²) in [5, 5.41) is 0. The van der Waals surface area contributed by atoms with Gasteiger partial charge in [-0.1, -0.05) is 19.9 Å². The van der Waals surface area contributed by atoms with Crippen LogP contribution in [0.25, 0.3) is 0 Å². The first-order valence-corrected chi connectivity index (χ1v) is 11.3. The maximum atomic E-state index is 13.4. The van der Waals surface area contributed by atoms with Crippen molar-refractivity contribution in [1.82, 2.24) is 25.6 Å². The number of ether oxygens (including phenoxy) is 1. The zero-order chi connectivity index (χ0) is 24.7. The van der Waals surface area contributed by atoms with Crippen molar-refractivity contribution in [3.63, 3.8) is 0 Å². The number of alkyl halides is 2. The number of anilines is 1. The molecular weight excluding hydrogens is 449 g/mol. The standard InChI is InChI=1S/C21H25F3N6O2.C2H6/c1-28-8-10-29(11-9-28)21(31)30(17-6-3-15(22)4-7-17)13-16-5-2-14(12-25-16)19-26-27-20(32-19)18(23)24;1-2/h2-7,12,18-20,26-27H,8-11,13H2,1H3;1-2H3. The topological polar surface area (TPSA) is 73.0 Å². The van der Waals surface area contributed by atoms with E-state index in [1.165, 1.54) is 18.3 Å². The molecule has 0 bridgehead atoms. The molecule has 3 heterocycles. The SMILES string of the molecule is CC.CN1CCN(C(=O)N(Cc2ccc(C3NNC(C(F)F)O3)cn2)c2ccc(F)cc2)CC1. The van der Waals surface area contributed by atoms with Crippen molar-refractivity contribution in [2.45, 2.75) is 39.3 Å². The summed E-state index contributed by atoms with van der Waals surface area (Å²) in [5.74, 6) is -0.386. The molecule has 2 N–H and O–H groups in total. The minimum absolute atomic E-state index is 0.175. The molecule has 1 aromatic carbocycles. The number of benzene rings is 1. The zero-order valence-electron chi connectivity index (χ0n) is 19.5. The Morgan fingerprint density at radius 1 is 1.12 bits per heavy atom. The summed E-state index contributed by atoms with van der Waals surface area (Å²) in [6.45, 7) is 6.93. The molecule has 1 aromatic heterocycles. The van der Waals surface area contributed by atoms with Gasteiger partial charge >= 0.3 is 6.03 Å². The molecule has 2 aromatic rings. The van der Waals surface area contributed by atoms with Gasteiger partial charge in [-0.25, -0.2) is 28.8 Å². The third-order valence-corrected chi connectivity index (χ3v) is 5.48. The van der Waals surface area contributed by atoms with Gasteiger partial charge in [-0.2, -0.15) is 0 Å². The van der Waals surface area contributed by atoms with Gasteiger partial charge in [0.1, 0.15) is 5.82 Å².